The van der Waals surface area contributed by atoms with Crippen molar-refractivity contribution in [2.75, 3.05) is 24.7 Å². The van der Waals surface area contributed by atoms with Crippen LogP contribution in [0, 0.1) is 16.0 Å². The second kappa shape index (κ2) is 12.2. The molecule has 12 nitrogen and oxygen atoms in total. The summed E-state index contributed by atoms with van der Waals surface area (Å²) in [5, 5.41) is 32.7. The number of methoxy groups -OCH3 is 2. The molecule has 4 rings (SSSR count). The number of carbonyl (C=O) groups excluding carboxylic acids is 1. The SMILES string of the molecule is COc1cc(C(=O)N2C(c3ccccc3)[C@H]2[C@@H](O)CS(=O)(=O)Nc2ccc([N+](=O)[O-])cc2CC(C)C)cc(OC)c1O. The fourth-order valence-electron chi connectivity index (χ4n) is 5.02. The molecule has 1 saturated heterocycles. The van der Waals surface area contributed by atoms with Crippen LogP contribution in [0.3, 0.4) is 0 Å². The molecular formula is C29H33N3O9S. The zero-order chi connectivity index (χ0) is 30.8. The van der Waals surface area contributed by atoms with Gasteiger partial charge in [0.05, 0.1) is 48.8 Å². The zero-order valence-electron chi connectivity index (χ0n) is 23.6. The van der Waals surface area contributed by atoms with Crippen LogP contribution >= 0.6 is 0 Å². The number of benzene rings is 3. The maximum absolute atomic E-state index is 13.6. The molecule has 3 aromatic carbocycles. The van der Waals surface area contributed by atoms with Gasteiger partial charge in [0.15, 0.2) is 11.5 Å². The number of phenolic OH excluding ortho intramolecular Hbond substituents is 1. The lowest BCUT2D eigenvalue weighted by Gasteiger charge is -2.16. The summed E-state index contributed by atoms with van der Waals surface area (Å²) in [6, 6.07) is 14.0. The van der Waals surface area contributed by atoms with Gasteiger partial charge in [-0.2, -0.15) is 0 Å². The van der Waals surface area contributed by atoms with E-state index in [1.807, 2.05) is 13.8 Å². The standard InChI is InChI=1S/C29H33N3O9S/c1-17(2)12-19-13-21(32(36)37)10-11-22(19)30-42(38,39)16-23(33)27-26(18-8-6-5-7-9-18)31(27)29(35)20-14-24(40-3)28(34)25(15-20)41-4/h5-11,13-15,17,23,26-27,30,33-34H,12,16H2,1-4H3/t23-,26?,27+,31?/m0/s1. The number of nitro groups is 1. The maximum Gasteiger partial charge on any atom is 0.269 e. The molecule has 3 atom stereocenters. The van der Waals surface area contributed by atoms with Crippen LogP contribution in [0.5, 0.6) is 17.2 Å². The van der Waals surface area contributed by atoms with Crippen LogP contribution in [0.4, 0.5) is 11.4 Å². The van der Waals surface area contributed by atoms with Crippen molar-refractivity contribution in [2.24, 2.45) is 5.92 Å². The van der Waals surface area contributed by atoms with Crippen molar-refractivity contribution in [1.29, 1.82) is 0 Å². The van der Waals surface area contributed by atoms with E-state index in [4.69, 9.17) is 9.47 Å². The number of carbonyl (C=O) groups is 1. The largest absolute Gasteiger partial charge is 0.502 e. The Kier molecular flexibility index (Phi) is 8.92. The first kappa shape index (κ1) is 30.6. The second-order valence-electron chi connectivity index (χ2n) is 10.4. The van der Waals surface area contributed by atoms with E-state index in [2.05, 4.69) is 4.72 Å². The molecule has 1 amide bonds. The molecule has 0 spiro atoms. The lowest BCUT2D eigenvalue weighted by Crippen LogP contribution is -2.32. The Hall–Kier alpha value is -4.36. The van der Waals surface area contributed by atoms with Crippen molar-refractivity contribution in [3.8, 4) is 17.2 Å². The fraction of sp³-hybridized carbons (Fsp3) is 0.345. The molecule has 0 radical (unpaired) electrons. The van der Waals surface area contributed by atoms with Gasteiger partial charge in [0.25, 0.3) is 11.6 Å². The Balaban J connectivity index is 1.61. The van der Waals surface area contributed by atoms with Gasteiger partial charge in [-0.25, -0.2) is 8.42 Å². The Morgan fingerprint density at radius 2 is 1.69 bits per heavy atom. The Morgan fingerprint density at radius 1 is 1.07 bits per heavy atom. The highest BCUT2D eigenvalue weighted by Crippen LogP contribution is 2.47. The van der Waals surface area contributed by atoms with Gasteiger partial charge in [-0.3, -0.25) is 19.6 Å². The smallest absolute Gasteiger partial charge is 0.269 e. The van der Waals surface area contributed by atoms with E-state index >= 15 is 0 Å². The van der Waals surface area contributed by atoms with Crippen LogP contribution in [-0.2, 0) is 16.4 Å². The topological polar surface area (TPSA) is 168 Å². The van der Waals surface area contributed by atoms with Crippen LogP contribution in [0.2, 0.25) is 0 Å². The average Bonchev–Trinajstić information content (AvgIpc) is 3.69. The van der Waals surface area contributed by atoms with Crippen LogP contribution < -0.4 is 14.2 Å². The van der Waals surface area contributed by atoms with E-state index in [0.29, 0.717) is 17.5 Å². The van der Waals surface area contributed by atoms with Gasteiger partial charge in [-0.15, -0.1) is 0 Å². The molecule has 0 saturated carbocycles. The number of nitrogens with one attached hydrogen (secondary N) is 1. The highest BCUT2D eigenvalue weighted by Gasteiger charge is 2.56. The summed E-state index contributed by atoms with van der Waals surface area (Å²) in [6.45, 7) is 3.81. The van der Waals surface area contributed by atoms with Crippen molar-refractivity contribution in [1.82, 2.24) is 4.90 Å². The van der Waals surface area contributed by atoms with E-state index < -0.39 is 44.8 Å². The predicted molar refractivity (Wildman–Crippen MR) is 155 cm³/mol. The van der Waals surface area contributed by atoms with Gasteiger partial charge >= 0.3 is 0 Å². The average molecular weight is 600 g/mol. The first-order valence-corrected chi connectivity index (χ1v) is 14.8. The minimum absolute atomic E-state index is 0.0139. The molecule has 0 bridgehead atoms. The number of rotatable bonds is 12. The molecular weight excluding hydrogens is 566 g/mol. The normalized spacial score (nSPS) is 17.0. The van der Waals surface area contributed by atoms with E-state index in [9.17, 15) is 33.5 Å². The van der Waals surface area contributed by atoms with Crippen molar-refractivity contribution in [2.45, 2.75) is 38.5 Å². The first-order valence-electron chi connectivity index (χ1n) is 13.1. The molecule has 0 aliphatic carbocycles. The van der Waals surface area contributed by atoms with Gasteiger partial charge in [0, 0.05) is 17.7 Å². The van der Waals surface area contributed by atoms with Crippen molar-refractivity contribution >= 4 is 27.3 Å². The van der Waals surface area contributed by atoms with Gasteiger partial charge in [-0.1, -0.05) is 44.2 Å². The number of hydrogen-bond acceptors (Lipinski definition) is 9. The number of sulfonamides is 1. The summed E-state index contributed by atoms with van der Waals surface area (Å²) in [7, 11) is -1.50. The van der Waals surface area contributed by atoms with E-state index in [1.165, 1.54) is 49.5 Å². The number of nitrogens with zero attached hydrogens (tertiary/aromatic N) is 2. The number of phenols is 1. The van der Waals surface area contributed by atoms with E-state index in [1.54, 1.807) is 30.3 Å². The lowest BCUT2D eigenvalue weighted by atomic mass is 10.0. The molecule has 13 heteroatoms. The third-order valence-electron chi connectivity index (χ3n) is 6.93. The quantitative estimate of drug-likeness (QED) is 0.159. The number of non-ortho nitro benzene ring substituents is 1. The molecule has 3 N–H and O–H groups in total. The number of amides is 1. The number of nitro benzene ring substituents is 1. The molecule has 1 unspecified atom stereocenters. The summed E-state index contributed by atoms with van der Waals surface area (Å²) >= 11 is 0. The lowest BCUT2D eigenvalue weighted by molar-refractivity contribution is -0.384. The number of aliphatic hydroxyl groups excluding tert-OH is 1. The summed E-state index contributed by atoms with van der Waals surface area (Å²) < 4.78 is 39.2. The van der Waals surface area contributed by atoms with Crippen molar-refractivity contribution in [3.63, 3.8) is 0 Å². The monoisotopic (exact) mass is 599 g/mol. The van der Waals surface area contributed by atoms with Crippen molar-refractivity contribution in [3.05, 3.63) is 87.5 Å². The van der Waals surface area contributed by atoms with Gasteiger partial charge in [0.2, 0.25) is 15.8 Å². The number of anilines is 1. The second-order valence-corrected chi connectivity index (χ2v) is 12.2. The zero-order valence-corrected chi connectivity index (χ0v) is 24.4. The number of hydrogen-bond donors (Lipinski definition) is 3. The summed E-state index contributed by atoms with van der Waals surface area (Å²) in [5.74, 6) is -1.41. The predicted octanol–water partition coefficient (Wildman–Crippen LogP) is 3.88. The number of aromatic hydroxyl groups is 1. The third-order valence-corrected chi connectivity index (χ3v) is 8.25. The van der Waals surface area contributed by atoms with Crippen LogP contribution in [0.15, 0.2) is 60.7 Å². The minimum atomic E-state index is -4.16. The minimum Gasteiger partial charge on any atom is -0.502 e. The Morgan fingerprint density at radius 3 is 2.24 bits per heavy atom. The third kappa shape index (κ3) is 6.58. The van der Waals surface area contributed by atoms with Crippen LogP contribution in [0.25, 0.3) is 0 Å². The maximum atomic E-state index is 13.6. The van der Waals surface area contributed by atoms with Gasteiger partial charge in [-0.05, 0) is 41.7 Å². The molecule has 224 valence electrons. The fourth-order valence-corrected chi connectivity index (χ4v) is 6.28. The first-order chi connectivity index (χ1) is 19.9. The molecule has 3 aromatic rings. The summed E-state index contributed by atoms with van der Waals surface area (Å²) in [5.41, 5.74) is 1.30. The molecule has 1 heterocycles. The van der Waals surface area contributed by atoms with Crippen molar-refractivity contribution < 1.29 is 37.8 Å². The summed E-state index contributed by atoms with van der Waals surface area (Å²) in [4.78, 5) is 25.7. The van der Waals surface area contributed by atoms with Gasteiger partial charge in [0.1, 0.15) is 0 Å². The van der Waals surface area contributed by atoms with Gasteiger partial charge < -0.3 is 24.6 Å². The molecule has 1 aliphatic heterocycles. The molecule has 42 heavy (non-hydrogen) atoms. The number of aliphatic hydroxyl groups is 1. The molecule has 1 fully saturated rings. The van der Waals surface area contributed by atoms with Crippen LogP contribution in [-0.4, -0.2) is 66.5 Å². The number of ether oxygens (including phenoxy) is 2. The van der Waals surface area contributed by atoms with E-state index in [0.717, 1.165) is 0 Å². The Bertz CT molecular complexity index is 1550. The Labute approximate surface area is 243 Å². The van der Waals surface area contributed by atoms with Crippen LogP contribution in [0.1, 0.15) is 41.4 Å². The summed E-state index contributed by atoms with van der Waals surface area (Å²) in [6.07, 6.45) is -1.09. The highest BCUT2D eigenvalue weighted by molar-refractivity contribution is 7.92. The molecule has 0 aromatic heterocycles. The van der Waals surface area contributed by atoms with E-state index in [-0.39, 0.29) is 40.1 Å². The molecule has 1 aliphatic rings. The highest BCUT2D eigenvalue weighted by atomic mass is 32.2.